The minimum Gasteiger partial charge on any atom is -0.478 e. The van der Waals surface area contributed by atoms with Gasteiger partial charge in [0.2, 0.25) is 0 Å². The number of carbonyl (C=O) groups is 1. The Bertz CT molecular complexity index is 535. The van der Waals surface area contributed by atoms with E-state index in [0.29, 0.717) is 12.8 Å². The molecule has 0 aliphatic heterocycles. The lowest BCUT2D eigenvalue weighted by atomic mass is 10.2. The van der Waals surface area contributed by atoms with Gasteiger partial charge in [0.25, 0.3) is 10.0 Å². The molecule has 0 saturated carbocycles. The molecule has 0 saturated heterocycles. The average molecular weight is 286 g/mol. The minimum atomic E-state index is -3.68. The number of aromatic nitrogens is 1. The van der Waals surface area contributed by atoms with Crippen LogP contribution in [-0.4, -0.2) is 41.9 Å². The lowest BCUT2D eigenvalue weighted by Gasteiger charge is -2.24. The van der Waals surface area contributed by atoms with Gasteiger partial charge in [-0.25, -0.2) is 18.2 Å². The van der Waals surface area contributed by atoms with Crippen molar-refractivity contribution in [2.75, 3.05) is 7.05 Å². The molecule has 0 amide bonds. The van der Waals surface area contributed by atoms with Crippen LogP contribution >= 0.6 is 0 Å². The standard InChI is InChI=1S/C12H18N2O4S/c1-4-10(5-2)14(3)19(17,18)11-7-6-9(8-13-11)12(15)16/h6-8,10H,4-5H2,1-3H3,(H,15,16). The summed E-state index contributed by atoms with van der Waals surface area (Å²) >= 11 is 0. The molecule has 0 spiro atoms. The third-order valence-corrected chi connectivity index (χ3v) is 4.91. The van der Waals surface area contributed by atoms with Crippen LogP contribution in [-0.2, 0) is 10.0 Å². The smallest absolute Gasteiger partial charge is 0.337 e. The van der Waals surface area contributed by atoms with E-state index < -0.39 is 16.0 Å². The molecular weight excluding hydrogens is 268 g/mol. The molecule has 0 aliphatic rings. The minimum absolute atomic E-state index is 0.0378. The number of carboxylic acids is 1. The molecule has 6 nitrogen and oxygen atoms in total. The van der Waals surface area contributed by atoms with Gasteiger partial charge in [0.1, 0.15) is 0 Å². The molecule has 0 atom stereocenters. The number of hydrogen-bond acceptors (Lipinski definition) is 4. The van der Waals surface area contributed by atoms with Crippen molar-refractivity contribution in [1.82, 2.24) is 9.29 Å². The second-order valence-corrected chi connectivity index (χ2v) is 6.13. The predicted octanol–water partition coefficient (Wildman–Crippen LogP) is 1.59. The third-order valence-electron chi connectivity index (χ3n) is 3.08. The van der Waals surface area contributed by atoms with Gasteiger partial charge in [0.15, 0.2) is 5.03 Å². The quantitative estimate of drug-likeness (QED) is 0.858. The Morgan fingerprint density at radius 2 is 1.95 bits per heavy atom. The molecule has 0 aliphatic carbocycles. The normalized spacial score (nSPS) is 12.1. The van der Waals surface area contributed by atoms with Crippen molar-refractivity contribution in [1.29, 1.82) is 0 Å². The van der Waals surface area contributed by atoms with Gasteiger partial charge in [-0.3, -0.25) is 0 Å². The van der Waals surface area contributed by atoms with Crippen molar-refractivity contribution in [2.24, 2.45) is 0 Å². The van der Waals surface area contributed by atoms with E-state index in [1.54, 1.807) is 0 Å². The van der Waals surface area contributed by atoms with Crippen LogP contribution in [0, 0.1) is 0 Å². The molecule has 106 valence electrons. The number of sulfonamides is 1. The molecule has 0 radical (unpaired) electrons. The summed E-state index contributed by atoms with van der Waals surface area (Å²) in [6.45, 7) is 3.84. The van der Waals surface area contributed by atoms with E-state index in [0.717, 1.165) is 6.20 Å². The average Bonchev–Trinajstić information content (AvgIpc) is 2.40. The summed E-state index contributed by atoms with van der Waals surface area (Å²) in [5, 5.41) is 8.62. The SMILES string of the molecule is CCC(CC)N(C)S(=O)(=O)c1ccc(C(=O)O)cn1. The van der Waals surface area contributed by atoms with Gasteiger partial charge in [0.05, 0.1) is 5.56 Å². The molecule has 19 heavy (non-hydrogen) atoms. The summed E-state index contributed by atoms with van der Waals surface area (Å²) in [4.78, 5) is 14.4. The van der Waals surface area contributed by atoms with E-state index in [9.17, 15) is 13.2 Å². The number of pyridine rings is 1. The first-order chi connectivity index (χ1) is 8.84. The fourth-order valence-corrected chi connectivity index (χ4v) is 3.22. The number of nitrogens with zero attached hydrogens (tertiary/aromatic N) is 2. The third kappa shape index (κ3) is 3.30. The van der Waals surface area contributed by atoms with Gasteiger partial charge in [0, 0.05) is 19.3 Å². The molecule has 1 heterocycles. The maximum absolute atomic E-state index is 12.3. The Hall–Kier alpha value is -1.47. The Kier molecular flexibility index (Phi) is 5.02. The van der Waals surface area contributed by atoms with E-state index >= 15 is 0 Å². The van der Waals surface area contributed by atoms with Gasteiger partial charge < -0.3 is 5.11 Å². The first kappa shape index (κ1) is 15.6. The van der Waals surface area contributed by atoms with Gasteiger partial charge >= 0.3 is 5.97 Å². The van der Waals surface area contributed by atoms with E-state index in [2.05, 4.69) is 4.98 Å². The van der Waals surface area contributed by atoms with E-state index in [1.165, 1.54) is 23.5 Å². The highest BCUT2D eigenvalue weighted by atomic mass is 32.2. The molecule has 1 N–H and O–H groups in total. The van der Waals surface area contributed by atoms with Crippen LogP contribution in [0.2, 0.25) is 0 Å². The first-order valence-corrected chi connectivity index (χ1v) is 7.46. The Balaban J connectivity index is 3.09. The lowest BCUT2D eigenvalue weighted by Crippen LogP contribution is -2.36. The van der Waals surface area contributed by atoms with Crippen LogP contribution in [0.5, 0.6) is 0 Å². The lowest BCUT2D eigenvalue weighted by molar-refractivity contribution is 0.0696. The van der Waals surface area contributed by atoms with Crippen LogP contribution in [0.1, 0.15) is 37.0 Å². The van der Waals surface area contributed by atoms with Gasteiger partial charge in [-0.1, -0.05) is 13.8 Å². The molecule has 1 aromatic heterocycles. The van der Waals surface area contributed by atoms with E-state index in [4.69, 9.17) is 5.11 Å². The zero-order valence-corrected chi connectivity index (χ0v) is 12.0. The zero-order chi connectivity index (χ0) is 14.6. The fraction of sp³-hybridized carbons (Fsp3) is 0.500. The number of aromatic carboxylic acids is 1. The van der Waals surface area contributed by atoms with Crippen molar-refractivity contribution >= 4 is 16.0 Å². The maximum atomic E-state index is 12.3. The van der Waals surface area contributed by atoms with Gasteiger partial charge in [-0.15, -0.1) is 0 Å². The fourth-order valence-electron chi connectivity index (χ4n) is 1.81. The van der Waals surface area contributed by atoms with Crippen molar-refractivity contribution in [3.8, 4) is 0 Å². The Morgan fingerprint density at radius 3 is 2.32 bits per heavy atom. The molecule has 0 fully saturated rings. The van der Waals surface area contributed by atoms with Gasteiger partial charge in [-0.2, -0.15) is 4.31 Å². The van der Waals surface area contributed by atoms with Crippen molar-refractivity contribution in [3.05, 3.63) is 23.9 Å². The summed E-state index contributed by atoms with van der Waals surface area (Å²) < 4.78 is 25.9. The number of carboxylic acid groups (broad SMARTS) is 1. The van der Waals surface area contributed by atoms with Crippen LogP contribution < -0.4 is 0 Å². The molecule has 0 aromatic carbocycles. The molecular formula is C12H18N2O4S. The van der Waals surface area contributed by atoms with Gasteiger partial charge in [-0.05, 0) is 25.0 Å². The van der Waals surface area contributed by atoms with Crippen molar-refractivity contribution in [3.63, 3.8) is 0 Å². The Labute approximate surface area is 113 Å². The van der Waals surface area contributed by atoms with Crippen LogP contribution in [0.3, 0.4) is 0 Å². The maximum Gasteiger partial charge on any atom is 0.337 e. The largest absolute Gasteiger partial charge is 0.478 e. The first-order valence-electron chi connectivity index (χ1n) is 6.02. The molecule has 0 unspecified atom stereocenters. The monoisotopic (exact) mass is 286 g/mol. The summed E-state index contributed by atoms with van der Waals surface area (Å²) in [6, 6.07) is 2.37. The summed E-state index contributed by atoms with van der Waals surface area (Å²) in [5.41, 5.74) is -0.0378. The highest BCUT2D eigenvalue weighted by Gasteiger charge is 2.27. The second kappa shape index (κ2) is 6.12. The van der Waals surface area contributed by atoms with Crippen LogP contribution in [0.25, 0.3) is 0 Å². The molecule has 1 rings (SSSR count). The van der Waals surface area contributed by atoms with E-state index in [-0.39, 0.29) is 16.6 Å². The van der Waals surface area contributed by atoms with Crippen molar-refractivity contribution in [2.45, 2.75) is 37.8 Å². The van der Waals surface area contributed by atoms with E-state index in [1.807, 2.05) is 13.8 Å². The highest BCUT2D eigenvalue weighted by molar-refractivity contribution is 7.89. The van der Waals surface area contributed by atoms with Crippen molar-refractivity contribution < 1.29 is 18.3 Å². The number of rotatable bonds is 6. The number of hydrogen-bond donors (Lipinski definition) is 1. The predicted molar refractivity (Wildman–Crippen MR) is 70.5 cm³/mol. The topological polar surface area (TPSA) is 87.6 Å². The summed E-state index contributed by atoms with van der Waals surface area (Å²) in [7, 11) is -2.16. The molecule has 7 heteroatoms. The molecule has 0 bridgehead atoms. The zero-order valence-electron chi connectivity index (χ0n) is 11.2. The van der Waals surface area contributed by atoms with Crippen LogP contribution in [0.4, 0.5) is 0 Å². The van der Waals surface area contributed by atoms with Crippen LogP contribution in [0.15, 0.2) is 23.4 Å². The second-order valence-electron chi connectivity index (χ2n) is 4.18. The summed E-state index contributed by atoms with van der Waals surface area (Å²) in [5.74, 6) is -1.13. The Morgan fingerprint density at radius 1 is 1.37 bits per heavy atom. The molecule has 1 aromatic rings. The summed E-state index contributed by atoms with van der Waals surface area (Å²) in [6.07, 6.45) is 2.47. The highest BCUT2D eigenvalue weighted by Crippen LogP contribution is 2.18.